The van der Waals surface area contributed by atoms with Crippen molar-refractivity contribution in [1.82, 2.24) is 4.98 Å². The van der Waals surface area contributed by atoms with Gasteiger partial charge in [-0.25, -0.2) is 0 Å². The first-order valence-corrected chi connectivity index (χ1v) is 9.99. The number of amides is 1. The number of aliphatic hydroxyl groups excluding tert-OH is 1. The standard InChI is InChI=1S/C23H16Cl2N2O4/c1-31-18-11-13(8-9-16(18)25)21(28)19-20(17-7-2-3-10-26-17)27(23(30)22(19)29)15-6-4-5-14(24)12-15/h2-12,20,28H,1H3/b21-19+. The zero-order valence-corrected chi connectivity index (χ0v) is 17.8. The minimum Gasteiger partial charge on any atom is -0.507 e. The van der Waals surface area contributed by atoms with E-state index in [4.69, 9.17) is 27.9 Å². The zero-order valence-electron chi connectivity index (χ0n) is 16.3. The number of carbonyl (C=O) groups is 2. The number of nitrogens with zero attached hydrogens (tertiary/aromatic N) is 2. The van der Waals surface area contributed by atoms with Crippen molar-refractivity contribution < 1.29 is 19.4 Å². The number of benzene rings is 2. The molecule has 1 aliphatic heterocycles. The molecule has 0 radical (unpaired) electrons. The minimum atomic E-state index is -0.943. The maximum absolute atomic E-state index is 13.1. The van der Waals surface area contributed by atoms with Crippen molar-refractivity contribution in [2.75, 3.05) is 12.0 Å². The summed E-state index contributed by atoms with van der Waals surface area (Å²) in [5, 5.41) is 11.8. The minimum absolute atomic E-state index is 0.0898. The van der Waals surface area contributed by atoms with Crippen molar-refractivity contribution in [1.29, 1.82) is 0 Å². The van der Waals surface area contributed by atoms with Crippen LogP contribution in [0.4, 0.5) is 5.69 Å². The van der Waals surface area contributed by atoms with Gasteiger partial charge in [0.15, 0.2) is 0 Å². The highest BCUT2D eigenvalue weighted by Gasteiger charge is 2.47. The number of hydrogen-bond donors (Lipinski definition) is 1. The molecule has 1 fully saturated rings. The van der Waals surface area contributed by atoms with Crippen molar-refractivity contribution in [3.05, 3.63) is 93.7 Å². The van der Waals surface area contributed by atoms with Gasteiger partial charge in [-0.2, -0.15) is 0 Å². The molecule has 4 rings (SSSR count). The largest absolute Gasteiger partial charge is 0.507 e. The molecule has 31 heavy (non-hydrogen) atoms. The van der Waals surface area contributed by atoms with E-state index in [9.17, 15) is 14.7 Å². The first kappa shape index (κ1) is 20.9. The molecule has 2 heterocycles. The fourth-order valence-corrected chi connectivity index (χ4v) is 3.88. The Bertz CT molecular complexity index is 1210. The molecule has 1 saturated heterocycles. The SMILES string of the molecule is COc1cc(/C(O)=C2\C(=O)C(=O)N(c3cccc(Cl)c3)C2c2ccccn2)ccc1Cl. The molecule has 1 N–H and O–H groups in total. The van der Waals surface area contributed by atoms with E-state index in [1.54, 1.807) is 54.7 Å². The summed E-state index contributed by atoms with van der Waals surface area (Å²) in [6.07, 6.45) is 1.55. The second-order valence-corrected chi connectivity index (χ2v) is 7.60. The highest BCUT2D eigenvalue weighted by Crippen LogP contribution is 2.42. The first-order valence-electron chi connectivity index (χ1n) is 9.23. The van der Waals surface area contributed by atoms with Crippen molar-refractivity contribution in [3.63, 3.8) is 0 Å². The fraction of sp³-hybridized carbons (Fsp3) is 0.0870. The van der Waals surface area contributed by atoms with E-state index >= 15 is 0 Å². The Hall–Kier alpha value is -3.35. The van der Waals surface area contributed by atoms with Crippen LogP contribution in [0.1, 0.15) is 17.3 Å². The first-order chi connectivity index (χ1) is 14.9. The number of Topliss-reactive ketones (excluding diaryl/α,β-unsaturated/α-hetero) is 1. The van der Waals surface area contributed by atoms with Gasteiger partial charge in [0.25, 0.3) is 11.7 Å². The number of hydrogen-bond acceptors (Lipinski definition) is 5. The van der Waals surface area contributed by atoms with Crippen LogP contribution in [-0.4, -0.2) is 28.9 Å². The molecule has 1 atom stereocenters. The number of ketones is 1. The molecule has 0 aliphatic carbocycles. The maximum atomic E-state index is 13.1. The molecule has 1 amide bonds. The van der Waals surface area contributed by atoms with Crippen LogP contribution < -0.4 is 9.64 Å². The molecule has 2 aromatic carbocycles. The quantitative estimate of drug-likeness (QED) is 0.340. The van der Waals surface area contributed by atoms with E-state index in [-0.39, 0.29) is 16.9 Å². The van der Waals surface area contributed by atoms with Gasteiger partial charge in [0.2, 0.25) is 0 Å². The summed E-state index contributed by atoms with van der Waals surface area (Å²) < 4.78 is 5.21. The molecule has 6 nitrogen and oxygen atoms in total. The summed E-state index contributed by atoms with van der Waals surface area (Å²) in [6, 6.07) is 15.4. The van der Waals surface area contributed by atoms with Gasteiger partial charge in [0, 0.05) is 22.5 Å². The van der Waals surface area contributed by atoms with Crippen LogP contribution in [0.25, 0.3) is 5.76 Å². The molecule has 1 aliphatic rings. The summed E-state index contributed by atoms with van der Waals surface area (Å²) in [5.41, 5.74) is 1.03. The van der Waals surface area contributed by atoms with E-state index in [1.807, 2.05) is 0 Å². The lowest BCUT2D eigenvalue weighted by Crippen LogP contribution is -2.29. The highest BCUT2D eigenvalue weighted by atomic mass is 35.5. The number of carbonyl (C=O) groups excluding carboxylic acids is 2. The summed E-state index contributed by atoms with van der Waals surface area (Å²) >= 11 is 12.2. The van der Waals surface area contributed by atoms with E-state index in [1.165, 1.54) is 24.1 Å². The van der Waals surface area contributed by atoms with Crippen LogP contribution in [0, 0.1) is 0 Å². The number of aliphatic hydroxyl groups is 1. The third kappa shape index (κ3) is 3.76. The molecule has 0 spiro atoms. The van der Waals surface area contributed by atoms with Crippen LogP contribution in [0.2, 0.25) is 10.0 Å². The van der Waals surface area contributed by atoms with E-state index < -0.39 is 17.7 Å². The van der Waals surface area contributed by atoms with E-state index in [0.29, 0.717) is 27.2 Å². The molecule has 0 bridgehead atoms. The van der Waals surface area contributed by atoms with Gasteiger partial charge in [0.05, 0.1) is 23.4 Å². The highest BCUT2D eigenvalue weighted by molar-refractivity contribution is 6.51. The average Bonchev–Trinajstić information content (AvgIpc) is 3.05. The van der Waals surface area contributed by atoms with Crippen LogP contribution in [0.5, 0.6) is 5.75 Å². The fourth-order valence-electron chi connectivity index (χ4n) is 3.50. The third-order valence-corrected chi connectivity index (χ3v) is 5.47. The van der Waals surface area contributed by atoms with Gasteiger partial charge >= 0.3 is 0 Å². The second kappa shape index (κ2) is 8.41. The Balaban J connectivity index is 1.95. The summed E-state index contributed by atoms with van der Waals surface area (Å²) in [6.45, 7) is 0. The molecule has 156 valence electrons. The number of aromatic nitrogens is 1. The van der Waals surface area contributed by atoms with Crippen molar-refractivity contribution >= 4 is 46.3 Å². The second-order valence-electron chi connectivity index (χ2n) is 6.75. The molecule has 1 aromatic heterocycles. The van der Waals surface area contributed by atoms with E-state index in [2.05, 4.69) is 4.98 Å². The monoisotopic (exact) mass is 454 g/mol. The number of halogens is 2. The third-order valence-electron chi connectivity index (χ3n) is 4.92. The van der Waals surface area contributed by atoms with Crippen LogP contribution in [0.15, 0.2) is 72.4 Å². The predicted octanol–water partition coefficient (Wildman–Crippen LogP) is 5.02. The van der Waals surface area contributed by atoms with Gasteiger partial charge < -0.3 is 9.84 Å². The van der Waals surface area contributed by atoms with Gasteiger partial charge in [-0.05, 0) is 48.5 Å². The molecular weight excluding hydrogens is 439 g/mol. The Morgan fingerprint density at radius 3 is 2.55 bits per heavy atom. The molecular formula is C23H16Cl2N2O4. The lowest BCUT2D eigenvalue weighted by Gasteiger charge is -2.24. The topological polar surface area (TPSA) is 79.7 Å². The van der Waals surface area contributed by atoms with Crippen LogP contribution in [0.3, 0.4) is 0 Å². The van der Waals surface area contributed by atoms with Crippen molar-refractivity contribution in [2.45, 2.75) is 6.04 Å². The summed E-state index contributed by atoms with van der Waals surface area (Å²) in [7, 11) is 1.44. The lowest BCUT2D eigenvalue weighted by atomic mass is 9.98. The predicted molar refractivity (Wildman–Crippen MR) is 118 cm³/mol. The zero-order chi connectivity index (χ0) is 22.1. The molecule has 8 heteroatoms. The Morgan fingerprint density at radius 2 is 1.87 bits per heavy atom. The van der Waals surface area contributed by atoms with Crippen molar-refractivity contribution in [2.24, 2.45) is 0 Å². The molecule has 3 aromatic rings. The van der Waals surface area contributed by atoms with Gasteiger partial charge in [0.1, 0.15) is 17.6 Å². The van der Waals surface area contributed by atoms with Crippen molar-refractivity contribution in [3.8, 4) is 5.75 Å². The van der Waals surface area contributed by atoms with Crippen LogP contribution in [-0.2, 0) is 9.59 Å². The normalized spacial score (nSPS) is 17.8. The lowest BCUT2D eigenvalue weighted by molar-refractivity contribution is -0.132. The molecule has 0 saturated carbocycles. The maximum Gasteiger partial charge on any atom is 0.300 e. The number of ether oxygens (including phenoxy) is 1. The van der Waals surface area contributed by atoms with Gasteiger partial charge in [-0.1, -0.05) is 35.3 Å². The van der Waals surface area contributed by atoms with Gasteiger partial charge in [-0.3, -0.25) is 19.5 Å². The van der Waals surface area contributed by atoms with E-state index in [0.717, 1.165) is 0 Å². The number of rotatable bonds is 4. The van der Waals surface area contributed by atoms with Gasteiger partial charge in [-0.15, -0.1) is 0 Å². The Labute approximate surface area is 188 Å². The average molecular weight is 455 g/mol. The number of pyridine rings is 1. The number of methoxy groups -OCH3 is 1. The Kier molecular flexibility index (Phi) is 5.67. The Morgan fingerprint density at radius 1 is 1.06 bits per heavy atom. The van der Waals surface area contributed by atoms with Crippen LogP contribution >= 0.6 is 23.2 Å². The number of anilines is 1. The summed E-state index contributed by atoms with van der Waals surface area (Å²) in [5.74, 6) is -1.65. The smallest absolute Gasteiger partial charge is 0.300 e. The molecule has 1 unspecified atom stereocenters. The summed E-state index contributed by atoms with van der Waals surface area (Å²) in [4.78, 5) is 31.7.